The summed E-state index contributed by atoms with van der Waals surface area (Å²) in [5, 5.41) is 3.23. The molecule has 2 nitrogen and oxygen atoms in total. The van der Waals surface area contributed by atoms with E-state index in [0.717, 1.165) is 4.47 Å². The van der Waals surface area contributed by atoms with Crippen molar-refractivity contribution in [3.63, 3.8) is 0 Å². The summed E-state index contributed by atoms with van der Waals surface area (Å²) in [5.41, 5.74) is 0.618. The number of thiol groups is 1. The molecule has 0 radical (unpaired) electrons. The Labute approximate surface area is 102 Å². The van der Waals surface area contributed by atoms with Gasteiger partial charge in [-0.3, -0.25) is 4.79 Å². The molecule has 0 aliphatic carbocycles. The summed E-state index contributed by atoms with van der Waals surface area (Å²) in [6.45, 7) is 0. The van der Waals surface area contributed by atoms with Crippen LogP contribution in [0.15, 0.2) is 22.7 Å². The molecule has 76 valence electrons. The Bertz CT molecular complexity index is 346. The lowest BCUT2D eigenvalue weighted by molar-refractivity contribution is -0.115. The van der Waals surface area contributed by atoms with E-state index in [2.05, 4.69) is 33.9 Å². The molecule has 0 spiro atoms. The van der Waals surface area contributed by atoms with Gasteiger partial charge < -0.3 is 5.32 Å². The van der Waals surface area contributed by atoms with Gasteiger partial charge in [-0.1, -0.05) is 27.5 Å². The van der Waals surface area contributed by atoms with Crippen LogP contribution < -0.4 is 5.32 Å². The van der Waals surface area contributed by atoms with Crippen molar-refractivity contribution in [3.05, 3.63) is 27.7 Å². The molecule has 0 aromatic heterocycles. The maximum Gasteiger partial charge on any atom is 0.225 e. The molecular weight excluding hydrogens is 286 g/mol. The number of anilines is 1. The van der Waals surface area contributed by atoms with E-state index in [0.29, 0.717) is 22.9 Å². The van der Waals surface area contributed by atoms with Crippen molar-refractivity contribution < 1.29 is 4.79 Å². The zero-order valence-corrected chi connectivity index (χ0v) is 10.5. The van der Waals surface area contributed by atoms with Crippen molar-refractivity contribution in [3.8, 4) is 0 Å². The molecule has 1 amide bonds. The molecule has 0 heterocycles. The molecule has 1 N–H and O–H groups in total. The summed E-state index contributed by atoms with van der Waals surface area (Å²) in [5.74, 6) is 0.442. The van der Waals surface area contributed by atoms with E-state index in [1.54, 1.807) is 12.1 Å². The number of hydrogen-bond acceptors (Lipinski definition) is 2. The van der Waals surface area contributed by atoms with Gasteiger partial charge in [-0.05, 0) is 24.0 Å². The van der Waals surface area contributed by atoms with Crippen LogP contribution in [0.5, 0.6) is 0 Å². The third-order valence-corrected chi connectivity index (χ3v) is 2.59. The van der Waals surface area contributed by atoms with E-state index in [1.807, 2.05) is 6.07 Å². The molecule has 0 unspecified atom stereocenters. The predicted molar refractivity (Wildman–Crippen MR) is 66.3 cm³/mol. The number of halogens is 2. The van der Waals surface area contributed by atoms with Crippen LogP contribution in [-0.4, -0.2) is 11.7 Å². The summed E-state index contributed by atoms with van der Waals surface area (Å²) in [6, 6.07) is 5.30. The Morgan fingerprint density at radius 2 is 2.29 bits per heavy atom. The number of nitrogens with one attached hydrogen (secondary N) is 1. The minimum Gasteiger partial charge on any atom is -0.325 e. The second-order valence-electron chi connectivity index (χ2n) is 2.65. The smallest absolute Gasteiger partial charge is 0.225 e. The standard InChI is InChI=1S/C9H9BrClNOS/c10-6-1-2-7(11)8(5-6)12-9(13)3-4-14/h1-2,5,14H,3-4H2,(H,12,13). The largest absolute Gasteiger partial charge is 0.325 e. The maximum absolute atomic E-state index is 11.2. The van der Waals surface area contributed by atoms with Gasteiger partial charge in [0.25, 0.3) is 0 Å². The third-order valence-electron chi connectivity index (χ3n) is 1.54. The van der Waals surface area contributed by atoms with Gasteiger partial charge in [-0.15, -0.1) is 0 Å². The lowest BCUT2D eigenvalue weighted by atomic mass is 10.3. The third kappa shape index (κ3) is 3.52. The van der Waals surface area contributed by atoms with Crippen molar-refractivity contribution in [2.24, 2.45) is 0 Å². The van der Waals surface area contributed by atoms with Crippen LogP contribution in [0.4, 0.5) is 5.69 Å². The fourth-order valence-corrected chi connectivity index (χ4v) is 1.64. The van der Waals surface area contributed by atoms with E-state index in [4.69, 9.17) is 11.6 Å². The molecule has 0 aliphatic rings. The molecule has 0 aliphatic heterocycles. The van der Waals surface area contributed by atoms with Crippen molar-refractivity contribution in [2.45, 2.75) is 6.42 Å². The van der Waals surface area contributed by atoms with Gasteiger partial charge in [0.2, 0.25) is 5.91 Å². The Morgan fingerprint density at radius 3 is 2.93 bits per heavy atom. The fraction of sp³-hybridized carbons (Fsp3) is 0.222. The zero-order chi connectivity index (χ0) is 10.6. The lowest BCUT2D eigenvalue weighted by Crippen LogP contribution is -2.11. The highest BCUT2D eigenvalue weighted by atomic mass is 79.9. The molecule has 0 fully saturated rings. The SMILES string of the molecule is O=C(CCS)Nc1cc(Br)ccc1Cl. The zero-order valence-electron chi connectivity index (χ0n) is 7.26. The van der Waals surface area contributed by atoms with Gasteiger partial charge in [0.1, 0.15) is 0 Å². The van der Waals surface area contributed by atoms with Crippen LogP contribution in [0.3, 0.4) is 0 Å². The van der Waals surface area contributed by atoms with Crippen LogP contribution in [0.2, 0.25) is 5.02 Å². The van der Waals surface area contributed by atoms with Crippen molar-refractivity contribution in [2.75, 3.05) is 11.1 Å². The number of carbonyl (C=O) groups excluding carboxylic acids is 1. The topological polar surface area (TPSA) is 29.1 Å². The molecule has 0 atom stereocenters. The summed E-state index contributed by atoms with van der Waals surface area (Å²) in [7, 11) is 0. The molecule has 1 aromatic rings. The van der Waals surface area contributed by atoms with Gasteiger partial charge in [0.15, 0.2) is 0 Å². The highest BCUT2D eigenvalue weighted by molar-refractivity contribution is 9.10. The van der Waals surface area contributed by atoms with Crippen molar-refractivity contribution >= 4 is 51.8 Å². The first-order chi connectivity index (χ1) is 6.63. The average molecular weight is 295 g/mol. The predicted octanol–water partition coefficient (Wildman–Crippen LogP) is 3.36. The Morgan fingerprint density at radius 1 is 1.57 bits per heavy atom. The summed E-state index contributed by atoms with van der Waals surface area (Å²) in [6.07, 6.45) is 0.381. The number of carbonyl (C=O) groups is 1. The van der Waals surface area contributed by atoms with Crippen LogP contribution in [-0.2, 0) is 4.79 Å². The van der Waals surface area contributed by atoms with E-state index < -0.39 is 0 Å². The van der Waals surface area contributed by atoms with Gasteiger partial charge in [-0.25, -0.2) is 0 Å². The van der Waals surface area contributed by atoms with Gasteiger partial charge in [0, 0.05) is 10.9 Å². The minimum absolute atomic E-state index is 0.0833. The number of hydrogen-bond donors (Lipinski definition) is 2. The Hall–Kier alpha value is -0.190. The number of amides is 1. The van der Waals surface area contributed by atoms with E-state index in [9.17, 15) is 4.79 Å². The first kappa shape index (κ1) is 11.9. The second kappa shape index (κ2) is 5.63. The van der Waals surface area contributed by atoms with Crippen molar-refractivity contribution in [1.82, 2.24) is 0 Å². The normalized spacial score (nSPS) is 9.93. The minimum atomic E-state index is -0.0833. The first-order valence-corrected chi connectivity index (χ1v) is 5.79. The molecule has 0 bridgehead atoms. The first-order valence-electron chi connectivity index (χ1n) is 3.99. The molecular formula is C9H9BrClNOS. The summed E-state index contributed by atoms with van der Waals surface area (Å²) < 4.78 is 0.878. The van der Waals surface area contributed by atoms with Gasteiger partial charge in [0.05, 0.1) is 10.7 Å². The van der Waals surface area contributed by atoms with Crippen LogP contribution in [0.1, 0.15) is 6.42 Å². The molecule has 1 rings (SSSR count). The van der Waals surface area contributed by atoms with Crippen LogP contribution in [0.25, 0.3) is 0 Å². The van der Waals surface area contributed by atoms with E-state index in [1.165, 1.54) is 0 Å². The Balaban J connectivity index is 2.75. The highest BCUT2D eigenvalue weighted by Gasteiger charge is 2.05. The molecule has 14 heavy (non-hydrogen) atoms. The highest BCUT2D eigenvalue weighted by Crippen LogP contribution is 2.25. The Kier molecular flexibility index (Phi) is 4.78. The van der Waals surface area contributed by atoms with E-state index >= 15 is 0 Å². The molecule has 5 heteroatoms. The monoisotopic (exact) mass is 293 g/mol. The average Bonchev–Trinajstić information content (AvgIpc) is 2.12. The van der Waals surface area contributed by atoms with Crippen LogP contribution in [0, 0.1) is 0 Å². The van der Waals surface area contributed by atoms with Crippen LogP contribution >= 0.6 is 40.2 Å². The summed E-state index contributed by atoms with van der Waals surface area (Å²) in [4.78, 5) is 11.2. The van der Waals surface area contributed by atoms with Gasteiger partial charge >= 0.3 is 0 Å². The summed E-state index contributed by atoms with van der Waals surface area (Å²) >= 11 is 13.2. The molecule has 0 saturated heterocycles. The van der Waals surface area contributed by atoms with Crippen molar-refractivity contribution in [1.29, 1.82) is 0 Å². The van der Waals surface area contributed by atoms with E-state index in [-0.39, 0.29) is 5.91 Å². The molecule has 0 saturated carbocycles. The second-order valence-corrected chi connectivity index (χ2v) is 4.42. The number of benzene rings is 1. The molecule has 1 aromatic carbocycles. The van der Waals surface area contributed by atoms with Gasteiger partial charge in [-0.2, -0.15) is 12.6 Å². The quantitative estimate of drug-likeness (QED) is 0.822. The fourth-order valence-electron chi connectivity index (χ4n) is 0.908. The lowest BCUT2D eigenvalue weighted by Gasteiger charge is -2.06. The number of rotatable bonds is 3. The maximum atomic E-state index is 11.2.